The van der Waals surface area contributed by atoms with Crippen molar-refractivity contribution in [1.82, 2.24) is 10.2 Å². The summed E-state index contributed by atoms with van der Waals surface area (Å²) in [5, 5.41) is 3.23. The Morgan fingerprint density at radius 1 is 1.08 bits per heavy atom. The number of fused-ring (bicyclic) bond motifs is 1. The molecule has 0 aromatic heterocycles. The Hall–Kier alpha value is -3.13. The van der Waals surface area contributed by atoms with Crippen molar-refractivity contribution in [3.8, 4) is 23.0 Å². The van der Waals surface area contributed by atoms with Crippen LogP contribution in [0.3, 0.4) is 0 Å². The van der Waals surface area contributed by atoms with E-state index in [0.29, 0.717) is 35.2 Å². The molecule has 2 aromatic rings. The number of carbonyl (C=O) groups is 2. The minimum Gasteiger partial charge on any atom is -0.493 e. The molecule has 2 aliphatic rings. The fourth-order valence-corrected chi connectivity index (χ4v) is 5.26. The van der Waals surface area contributed by atoms with Crippen LogP contribution in [-0.2, 0) is 9.59 Å². The number of ether oxygens (including phenoxy) is 4. The van der Waals surface area contributed by atoms with E-state index in [4.69, 9.17) is 30.5 Å². The van der Waals surface area contributed by atoms with Gasteiger partial charge in [0.05, 0.1) is 20.3 Å². The van der Waals surface area contributed by atoms with Gasteiger partial charge in [-0.2, -0.15) is 0 Å². The number of nitrogens with one attached hydrogen (secondary N) is 1. The lowest BCUT2D eigenvalue weighted by Gasteiger charge is -2.36. The molecule has 0 unspecified atom stereocenters. The monoisotopic (exact) mass is 544 g/mol. The van der Waals surface area contributed by atoms with Crippen LogP contribution in [0, 0.1) is 0 Å². The van der Waals surface area contributed by atoms with E-state index in [9.17, 15) is 9.59 Å². The summed E-state index contributed by atoms with van der Waals surface area (Å²) in [5.74, 6) is 1.41. The lowest BCUT2D eigenvalue weighted by atomic mass is 10.0. The van der Waals surface area contributed by atoms with E-state index in [1.165, 1.54) is 17.7 Å². The third kappa shape index (κ3) is 6.84. The number of benzene rings is 2. The van der Waals surface area contributed by atoms with Gasteiger partial charge < -0.3 is 29.2 Å². The molecule has 1 aliphatic carbocycles. The van der Waals surface area contributed by atoms with Gasteiger partial charge in [0.1, 0.15) is 18.5 Å². The highest BCUT2D eigenvalue weighted by atomic mass is 35.5. The Balaban J connectivity index is 1.66. The molecule has 2 amide bonds. The normalized spacial score (nSPS) is 18.1. The predicted octanol–water partition coefficient (Wildman–Crippen LogP) is 4.88. The van der Waals surface area contributed by atoms with Gasteiger partial charge in [0.15, 0.2) is 29.1 Å². The van der Waals surface area contributed by atoms with Crippen LogP contribution in [0.25, 0.3) is 0 Å². The third-order valence-corrected chi connectivity index (χ3v) is 7.20. The third-order valence-electron chi connectivity index (χ3n) is 6.97. The van der Waals surface area contributed by atoms with E-state index in [1.54, 1.807) is 25.3 Å². The van der Waals surface area contributed by atoms with Gasteiger partial charge in [0.25, 0.3) is 0 Å². The molecule has 2 aromatic carbocycles. The first kappa shape index (κ1) is 27.9. The second-order valence-electron chi connectivity index (χ2n) is 9.62. The fraction of sp³-hybridized carbons (Fsp3) is 0.517. The molecule has 1 fully saturated rings. The molecule has 206 valence electrons. The molecule has 0 radical (unpaired) electrons. The summed E-state index contributed by atoms with van der Waals surface area (Å²) in [5.41, 5.74) is 0.604. The Kier molecular flexibility index (Phi) is 9.98. The second-order valence-corrected chi connectivity index (χ2v) is 9.89. The molecule has 9 heteroatoms. The van der Waals surface area contributed by atoms with Crippen molar-refractivity contribution in [1.29, 1.82) is 0 Å². The molecule has 4 rings (SSSR count). The van der Waals surface area contributed by atoms with Gasteiger partial charge in [0, 0.05) is 6.04 Å². The van der Waals surface area contributed by atoms with Crippen molar-refractivity contribution < 1.29 is 28.5 Å². The first-order valence-electron chi connectivity index (χ1n) is 13.4. The van der Waals surface area contributed by atoms with Crippen LogP contribution in [0.4, 0.5) is 0 Å². The average molecular weight is 545 g/mol. The molecule has 38 heavy (non-hydrogen) atoms. The number of carbonyl (C=O) groups excluding carboxylic acids is 2. The maximum Gasteiger partial charge on any atom is 0.247 e. The van der Waals surface area contributed by atoms with Crippen LogP contribution < -0.4 is 24.3 Å². The van der Waals surface area contributed by atoms with E-state index in [1.807, 2.05) is 31.2 Å². The largest absolute Gasteiger partial charge is 0.493 e. The smallest absolute Gasteiger partial charge is 0.247 e. The van der Waals surface area contributed by atoms with Gasteiger partial charge >= 0.3 is 0 Å². The molecule has 1 N–H and O–H groups in total. The van der Waals surface area contributed by atoms with Crippen molar-refractivity contribution in [2.75, 3.05) is 32.7 Å². The van der Waals surface area contributed by atoms with Crippen molar-refractivity contribution in [2.45, 2.75) is 63.6 Å². The van der Waals surface area contributed by atoms with Gasteiger partial charge in [-0.05, 0) is 49.6 Å². The van der Waals surface area contributed by atoms with Crippen molar-refractivity contribution in [3.63, 3.8) is 0 Å². The lowest BCUT2D eigenvalue weighted by molar-refractivity contribution is -0.141. The summed E-state index contributed by atoms with van der Waals surface area (Å²) in [6.45, 7) is 2.73. The number of para-hydroxylation sites is 2. The molecule has 1 heterocycles. The SMILES string of the molecule is CCOc1ccc([C@@H](C(=O)NC2CCCCCC2)N(C[C@H]2COc3ccccc3O2)C(=O)CCl)cc1OC. The Labute approximate surface area is 229 Å². The van der Waals surface area contributed by atoms with Crippen molar-refractivity contribution >= 4 is 23.4 Å². The van der Waals surface area contributed by atoms with Gasteiger partial charge in [-0.3, -0.25) is 9.59 Å². The molecular formula is C29H37ClN2O6. The summed E-state index contributed by atoms with van der Waals surface area (Å²) in [7, 11) is 1.55. The minimum atomic E-state index is -0.935. The molecule has 1 aliphatic heterocycles. The van der Waals surface area contributed by atoms with Crippen LogP contribution in [0.2, 0.25) is 0 Å². The van der Waals surface area contributed by atoms with Gasteiger partial charge in [-0.25, -0.2) is 0 Å². The number of halogens is 1. The molecule has 2 atom stereocenters. The number of nitrogens with zero attached hydrogens (tertiary/aromatic N) is 1. The highest BCUT2D eigenvalue weighted by Crippen LogP contribution is 2.35. The number of methoxy groups -OCH3 is 1. The summed E-state index contributed by atoms with van der Waals surface area (Å²) < 4.78 is 23.3. The fourth-order valence-electron chi connectivity index (χ4n) is 5.11. The van der Waals surface area contributed by atoms with E-state index < -0.39 is 12.1 Å². The van der Waals surface area contributed by atoms with E-state index in [0.717, 1.165) is 25.7 Å². The van der Waals surface area contributed by atoms with Crippen LogP contribution in [0.1, 0.15) is 57.1 Å². The maximum absolute atomic E-state index is 13.9. The maximum atomic E-state index is 13.9. The van der Waals surface area contributed by atoms with Gasteiger partial charge in [-0.15, -0.1) is 11.6 Å². The lowest BCUT2D eigenvalue weighted by Crippen LogP contribution is -2.51. The number of alkyl halides is 1. The molecular weight excluding hydrogens is 508 g/mol. The molecule has 8 nitrogen and oxygen atoms in total. The second kappa shape index (κ2) is 13.6. The zero-order valence-corrected chi connectivity index (χ0v) is 22.9. The summed E-state index contributed by atoms with van der Waals surface area (Å²) >= 11 is 6.08. The van der Waals surface area contributed by atoms with E-state index in [-0.39, 0.29) is 36.9 Å². The number of amides is 2. The number of rotatable bonds is 10. The highest BCUT2D eigenvalue weighted by Gasteiger charge is 2.36. The topological polar surface area (TPSA) is 86.3 Å². The van der Waals surface area contributed by atoms with Crippen LogP contribution >= 0.6 is 11.6 Å². The van der Waals surface area contributed by atoms with E-state index >= 15 is 0 Å². The Morgan fingerprint density at radius 3 is 2.50 bits per heavy atom. The van der Waals surface area contributed by atoms with Gasteiger partial charge in [-0.1, -0.05) is 43.9 Å². The highest BCUT2D eigenvalue weighted by molar-refractivity contribution is 6.27. The molecule has 0 spiro atoms. The molecule has 0 saturated heterocycles. The summed E-state index contributed by atoms with van der Waals surface area (Å²) in [6.07, 6.45) is 5.85. The van der Waals surface area contributed by atoms with Crippen LogP contribution in [-0.4, -0.2) is 61.6 Å². The van der Waals surface area contributed by atoms with E-state index in [2.05, 4.69) is 5.32 Å². The van der Waals surface area contributed by atoms with Crippen molar-refractivity contribution in [2.24, 2.45) is 0 Å². The van der Waals surface area contributed by atoms with Crippen molar-refractivity contribution in [3.05, 3.63) is 48.0 Å². The van der Waals surface area contributed by atoms with Crippen LogP contribution in [0.5, 0.6) is 23.0 Å². The summed E-state index contributed by atoms with van der Waals surface area (Å²) in [6, 6.07) is 11.8. The first-order chi connectivity index (χ1) is 18.5. The minimum absolute atomic E-state index is 0.0613. The average Bonchev–Trinajstić information content (AvgIpc) is 3.21. The predicted molar refractivity (Wildman–Crippen MR) is 145 cm³/mol. The Morgan fingerprint density at radius 2 is 1.82 bits per heavy atom. The van der Waals surface area contributed by atoms with Gasteiger partial charge in [0.2, 0.25) is 11.8 Å². The van der Waals surface area contributed by atoms with Crippen LogP contribution in [0.15, 0.2) is 42.5 Å². The Bertz CT molecular complexity index is 1090. The quantitative estimate of drug-likeness (QED) is 0.339. The standard InChI is InChI=1S/C29H37ClN2O6/c1-3-36-24-15-14-20(16-26(24)35-2)28(29(34)31-21-10-6-4-5-7-11-21)32(27(33)17-30)18-22-19-37-23-12-8-9-13-25(23)38-22/h8-9,12-16,21-22,28H,3-7,10-11,17-19H2,1-2H3,(H,31,34)/t22-,28-/m0/s1. The zero-order chi connectivity index (χ0) is 26.9. The summed E-state index contributed by atoms with van der Waals surface area (Å²) in [4.78, 5) is 28.7. The molecule has 1 saturated carbocycles. The molecule has 0 bridgehead atoms. The number of hydrogen-bond donors (Lipinski definition) is 1. The first-order valence-corrected chi connectivity index (χ1v) is 13.9. The number of hydrogen-bond acceptors (Lipinski definition) is 6. The zero-order valence-electron chi connectivity index (χ0n) is 22.1.